The van der Waals surface area contributed by atoms with Gasteiger partial charge in [0, 0.05) is 46.4 Å². The zero-order valence-electron chi connectivity index (χ0n) is 15.8. The van der Waals surface area contributed by atoms with Gasteiger partial charge < -0.3 is 20.1 Å². The normalized spacial score (nSPS) is 19.3. The van der Waals surface area contributed by atoms with Crippen molar-refractivity contribution in [2.24, 2.45) is 10.9 Å². The summed E-state index contributed by atoms with van der Waals surface area (Å²) in [7, 11) is 1.66. The molecule has 2 N–H and O–H groups in total. The lowest BCUT2D eigenvalue weighted by Gasteiger charge is -2.34. The number of rotatable bonds is 9. The Labute approximate surface area is 171 Å². The van der Waals surface area contributed by atoms with E-state index in [-0.39, 0.29) is 36.7 Å². The predicted octanol–water partition coefficient (Wildman–Crippen LogP) is 2.10. The monoisotopic (exact) mass is 496 g/mol. The number of guanidine groups is 1. The number of hydrogen-bond acceptors (Lipinski definition) is 4. The van der Waals surface area contributed by atoms with Gasteiger partial charge in [0.05, 0.1) is 12.7 Å². The molecule has 0 aliphatic carbocycles. The molecule has 156 valence electrons. The van der Waals surface area contributed by atoms with Crippen molar-refractivity contribution in [3.05, 3.63) is 0 Å². The molecule has 1 rings (SSSR count). The maximum atomic E-state index is 11.9. The molecular weight excluding hydrogens is 464 g/mol. The maximum absolute atomic E-state index is 11.9. The Kier molecular flexibility index (Phi) is 13.6. The quantitative estimate of drug-likeness (QED) is 0.222. The van der Waals surface area contributed by atoms with Gasteiger partial charge in [-0.05, 0) is 12.3 Å². The van der Waals surface area contributed by atoms with Crippen LogP contribution in [0.25, 0.3) is 0 Å². The Bertz CT molecular complexity index is 398. The third-order valence-corrected chi connectivity index (χ3v) is 3.59. The van der Waals surface area contributed by atoms with Gasteiger partial charge in [0.15, 0.2) is 5.96 Å². The molecular formula is C16H32F3IN4O2. The van der Waals surface area contributed by atoms with E-state index in [1.54, 1.807) is 7.05 Å². The van der Waals surface area contributed by atoms with Gasteiger partial charge in [-0.25, -0.2) is 0 Å². The minimum Gasteiger partial charge on any atom is -0.374 e. The summed E-state index contributed by atoms with van der Waals surface area (Å²) in [5, 5.41) is 6.25. The second-order valence-corrected chi connectivity index (χ2v) is 6.55. The molecule has 0 aromatic carbocycles. The fourth-order valence-electron chi connectivity index (χ4n) is 2.59. The van der Waals surface area contributed by atoms with E-state index < -0.39 is 12.8 Å². The summed E-state index contributed by atoms with van der Waals surface area (Å²) in [6.07, 6.45) is -3.70. The van der Waals surface area contributed by atoms with Crippen LogP contribution in [0.2, 0.25) is 0 Å². The van der Waals surface area contributed by atoms with Crippen LogP contribution in [0.1, 0.15) is 20.3 Å². The number of halogens is 4. The van der Waals surface area contributed by atoms with Crippen LogP contribution in [0.4, 0.5) is 13.2 Å². The van der Waals surface area contributed by atoms with Crippen molar-refractivity contribution in [2.75, 3.05) is 59.6 Å². The molecule has 0 saturated carbocycles. The molecule has 6 nitrogen and oxygen atoms in total. The van der Waals surface area contributed by atoms with Crippen LogP contribution < -0.4 is 10.6 Å². The topological polar surface area (TPSA) is 58.1 Å². The average molecular weight is 496 g/mol. The highest BCUT2D eigenvalue weighted by atomic mass is 127. The van der Waals surface area contributed by atoms with E-state index in [4.69, 9.17) is 4.74 Å². The van der Waals surface area contributed by atoms with Crippen molar-refractivity contribution in [2.45, 2.75) is 32.5 Å². The zero-order chi connectivity index (χ0) is 18.7. The van der Waals surface area contributed by atoms with Gasteiger partial charge in [-0.1, -0.05) is 13.8 Å². The molecule has 10 heteroatoms. The Morgan fingerprint density at radius 2 is 2.08 bits per heavy atom. The fourth-order valence-corrected chi connectivity index (χ4v) is 2.59. The first-order valence-corrected chi connectivity index (χ1v) is 8.73. The van der Waals surface area contributed by atoms with Crippen LogP contribution >= 0.6 is 24.0 Å². The van der Waals surface area contributed by atoms with Crippen molar-refractivity contribution in [1.29, 1.82) is 0 Å². The van der Waals surface area contributed by atoms with Crippen LogP contribution in [0.3, 0.4) is 0 Å². The Morgan fingerprint density at radius 3 is 2.69 bits per heavy atom. The van der Waals surface area contributed by atoms with E-state index in [1.165, 1.54) is 0 Å². The number of nitrogens with zero attached hydrogens (tertiary/aromatic N) is 2. The lowest BCUT2D eigenvalue weighted by Crippen LogP contribution is -2.50. The number of alkyl halides is 3. The van der Waals surface area contributed by atoms with Crippen molar-refractivity contribution in [3.63, 3.8) is 0 Å². The van der Waals surface area contributed by atoms with E-state index in [0.29, 0.717) is 31.4 Å². The summed E-state index contributed by atoms with van der Waals surface area (Å²) in [4.78, 5) is 6.50. The van der Waals surface area contributed by atoms with Crippen LogP contribution in [-0.2, 0) is 9.47 Å². The molecule has 1 atom stereocenters. The molecule has 1 aliphatic rings. The lowest BCUT2D eigenvalue weighted by atomic mass is 10.2. The minimum atomic E-state index is -4.27. The third-order valence-electron chi connectivity index (χ3n) is 3.59. The molecule has 0 bridgehead atoms. The standard InChI is InChI=1S/C16H31F3N4O2.HI/c1-13(2)10-23-6-8-25-14(11-23)9-22-15(20-3)21-5-4-7-24-12-16(17,18)19;/h13-14H,4-12H2,1-3H3,(H2,20,21,22);1H. The Balaban J connectivity index is 0.00000625. The Hall–Kier alpha value is -0.330. The highest BCUT2D eigenvalue weighted by molar-refractivity contribution is 14.0. The zero-order valence-corrected chi connectivity index (χ0v) is 18.1. The highest BCUT2D eigenvalue weighted by Crippen LogP contribution is 2.14. The average Bonchev–Trinajstić information content (AvgIpc) is 2.52. The van der Waals surface area contributed by atoms with Gasteiger partial charge in [0.2, 0.25) is 0 Å². The van der Waals surface area contributed by atoms with Gasteiger partial charge in [-0.3, -0.25) is 9.89 Å². The fraction of sp³-hybridized carbons (Fsp3) is 0.938. The van der Waals surface area contributed by atoms with Gasteiger partial charge in [-0.2, -0.15) is 13.2 Å². The number of nitrogens with one attached hydrogen (secondary N) is 2. The Morgan fingerprint density at radius 1 is 1.35 bits per heavy atom. The van der Waals surface area contributed by atoms with Gasteiger partial charge in [-0.15, -0.1) is 24.0 Å². The first-order chi connectivity index (χ1) is 11.8. The molecule has 0 aromatic heterocycles. The minimum absolute atomic E-state index is 0. The summed E-state index contributed by atoms with van der Waals surface area (Å²) in [5.74, 6) is 1.24. The van der Waals surface area contributed by atoms with Gasteiger partial charge >= 0.3 is 6.18 Å². The molecule has 1 saturated heterocycles. The summed E-state index contributed by atoms with van der Waals surface area (Å²) in [5.41, 5.74) is 0. The molecule has 1 heterocycles. The van der Waals surface area contributed by atoms with Crippen molar-refractivity contribution >= 4 is 29.9 Å². The SMILES string of the molecule is CN=C(NCCCOCC(F)(F)F)NCC1CN(CC(C)C)CCO1.I. The van der Waals surface area contributed by atoms with Crippen molar-refractivity contribution < 1.29 is 22.6 Å². The molecule has 0 aromatic rings. The van der Waals surface area contributed by atoms with Crippen LogP contribution in [0, 0.1) is 5.92 Å². The number of morpholine rings is 1. The predicted molar refractivity (Wildman–Crippen MR) is 107 cm³/mol. The molecule has 1 fully saturated rings. The largest absolute Gasteiger partial charge is 0.411 e. The summed E-state index contributed by atoms with van der Waals surface area (Å²) in [6, 6.07) is 0. The molecule has 0 amide bonds. The summed E-state index contributed by atoms with van der Waals surface area (Å²) in [6.45, 7) is 8.01. The van der Waals surface area contributed by atoms with Crippen molar-refractivity contribution in [3.8, 4) is 0 Å². The number of hydrogen-bond donors (Lipinski definition) is 2. The van der Waals surface area contributed by atoms with Gasteiger partial charge in [0.1, 0.15) is 6.61 Å². The van der Waals surface area contributed by atoms with E-state index in [1.807, 2.05) is 0 Å². The summed E-state index contributed by atoms with van der Waals surface area (Å²) < 4.78 is 46.1. The molecule has 26 heavy (non-hydrogen) atoms. The second-order valence-electron chi connectivity index (χ2n) is 6.55. The molecule has 0 radical (unpaired) electrons. The van der Waals surface area contributed by atoms with Crippen LogP contribution in [-0.4, -0.2) is 82.7 Å². The van der Waals surface area contributed by atoms with Crippen molar-refractivity contribution in [1.82, 2.24) is 15.5 Å². The summed E-state index contributed by atoms with van der Waals surface area (Å²) >= 11 is 0. The van der Waals surface area contributed by atoms with Gasteiger partial charge in [0.25, 0.3) is 0 Å². The highest BCUT2D eigenvalue weighted by Gasteiger charge is 2.27. The smallest absolute Gasteiger partial charge is 0.374 e. The number of ether oxygens (including phenoxy) is 2. The number of aliphatic imine (C=N–C) groups is 1. The first-order valence-electron chi connectivity index (χ1n) is 8.73. The van der Waals surface area contributed by atoms with Crippen LogP contribution in [0.15, 0.2) is 4.99 Å². The molecule has 1 unspecified atom stereocenters. The lowest BCUT2D eigenvalue weighted by molar-refractivity contribution is -0.173. The first kappa shape index (κ1) is 25.7. The maximum Gasteiger partial charge on any atom is 0.411 e. The molecule has 1 aliphatic heterocycles. The van der Waals surface area contributed by atoms with E-state index >= 15 is 0 Å². The molecule has 0 spiro atoms. The van der Waals surface area contributed by atoms with Crippen LogP contribution in [0.5, 0.6) is 0 Å². The van der Waals surface area contributed by atoms with E-state index in [9.17, 15) is 13.2 Å². The second kappa shape index (κ2) is 13.8. The van der Waals surface area contributed by atoms with E-state index in [2.05, 4.69) is 39.1 Å². The van der Waals surface area contributed by atoms with E-state index in [0.717, 1.165) is 26.2 Å². The third kappa shape index (κ3) is 12.9.